The lowest BCUT2D eigenvalue weighted by Gasteiger charge is -2.19. The number of hydrogen-bond acceptors (Lipinski definition) is 7. The summed E-state index contributed by atoms with van der Waals surface area (Å²) in [6.45, 7) is 7.57. The second kappa shape index (κ2) is 9.81. The second-order valence-corrected chi connectivity index (χ2v) is 9.41. The highest BCUT2D eigenvalue weighted by atomic mass is 35.5. The maximum absolute atomic E-state index is 12.8. The van der Waals surface area contributed by atoms with Crippen LogP contribution in [0.25, 0.3) is 11.5 Å². The Labute approximate surface area is 192 Å². The molecule has 32 heavy (non-hydrogen) atoms. The van der Waals surface area contributed by atoms with Gasteiger partial charge >= 0.3 is 5.97 Å². The lowest BCUT2D eigenvalue weighted by molar-refractivity contribution is 0.0279. The molecule has 3 rings (SSSR count). The van der Waals surface area contributed by atoms with Crippen LogP contribution < -0.4 is 0 Å². The molecule has 0 aliphatic heterocycles. The maximum Gasteiger partial charge on any atom is 0.338 e. The average Bonchev–Trinajstić information content (AvgIpc) is 3.25. The highest BCUT2D eigenvalue weighted by Gasteiger charge is 2.27. The van der Waals surface area contributed by atoms with Crippen LogP contribution >= 0.6 is 11.6 Å². The van der Waals surface area contributed by atoms with E-state index in [-0.39, 0.29) is 34.5 Å². The lowest BCUT2D eigenvalue weighted by atomic mass is 10.1. The number of carbonyl (C=O) groups is 1. The van der Waals surface area contributed by atoms with E-state index in [4.69, 9.17) is 20.8 Å². The van der Waals surface area contributed by atoms with Gasteiger partial charge in [-0.1, -0.05) is 43.1 Å². The molecule has 0 N–H and O–H groups in total. The molecule has 0 spiro atoms. The summed E-state index contributed by atoms with van der Waals surface area (Å²) in [5.41, 5.74) is 1.89. The molecule has 0 saturated carbocycles. The van der Waals surface area contributed by atoms with Gasteiger partial charge in [0.25, 0.3) is 5.89 Å². The zero-order valence-electron chi connectivity index (χ0n) is 18.2. The van der Waals surface area contributed by atoms with Gasteiger partial charge in [0, 0.05) is 18.7 Å². The van der Waals surface area contributed by atoms with Gasteiger partial charge in [0.15, 0.2) is 6.10 Å². The number of rotatable bonds is 8. The summed E-state index contributed by atoms with van der Waals surface area (Å²) in [6, 6.07) is 11.5. The van der Waals surface area contributed by atoms with Crippen molar-refractivity contribution in [2.45, 2.75) is 38.7 Å². The van der Waals surface area contributed by atoms with Crippen molar-refractivity contribution in [3.63, 3.8) is 0 Å². The van der Waals surface area contributed by atoms with Crippen molar-refractivity contribution >= 4 is 27.6 Å². The third-order valence-corrected chi connectivity index (χ3v) is 7.39. The number of ether oxygens (including phenoxy) is 1. The maximum atomic E-state index is 12.8. The third kappa shape index (κ3) is 5.01. The first kappa shape index (κ1) is 23.9. The molecule has 170 valence electrons. The number of hydrogen-bond donors (Lipinski definition) is 0. The molecule has 1 aromatic heterocycles. The quantitative estimate of drug-likeness (QED) is 0.435. The molecule has 0 aliphatic rings. The fourth-order valence-corrected chi connectivity index (χ4v) is 4.98. The van der Waals surface area contributed by atoms with Crippen molar-refractivity contribution in [2.75, 3.05) is 13.1 Å². The number of aryl methyl sites for hydroxylation is 1. The SMILES string of the molecule is CCN(CC)S(=O)(=O)c1cc(C(=O)OC(C)c2nnc(-c3ccc(C)cc3)o2)ccc1Cl. The summed E-state index contributed by atoms with van der Waals surface area (Å²) in [5, 5.41) is 7.99. The summed E-state index contributed by atoms with van der Waals surface area (Å²) in [4.78, 5) is 12.5. The fourth-order valence-electron chi connectivity index (χ4n) is 3.02. The molecule has 1 heterocycles. The first-order valence-corrected chi connectivity index (χ1v) is 11.9. The molecule has 0 fully saturated rings. The number of aromatic nitrogens is 2. The molecule has 3 aromatic rings. The van der Waals surface area contributed by atoms with E-state index in [1.54, 1.807) is 20.8 Å². The van der Waals surface area contributed by atoms with Gasteiger partial charge in [0.05, 0.1) is 10.6 Å². The Balaban J connectivity index is 1.80. The molecule has 10 heteroatoms. The van der Waals surface area contributed by atoms with Crippen LogP contribution in [0.5, 0.6) is 0 Å². The van der Waals surface area contributed by atoms with Crippen LogP contribution in [0, 0.1) is 6.92 Å². The van der Waals surface area contributed by atoms with E-state index in [0.717, 1.165) is 11.1 Å². The molecule has 0 bridgehead atoms. The van der Waals surface area contributed by atoms with Gasteiger partial charge < -0.3 is 9.15 Å². The Bertz CT molecular complexity index is 1200. The Morgan fingerprint density at radius 1 is 1.12 bits per heavy atom. The van der Waals surface area contributed by atoms with Crippen LogP contribution in [0.2, 0.25) is 5.02 Å². The van der Waals surface area contributed by atoms with Gasteiger partial charge in [-0.2, -0.15) is 4.31 Å². The van der Waals surface area contributed by atoms with E-state index >= 15 is 0 Å². The van der Waals surface area contributed by atoms with Crippen molar-refractivity contribution in [2.24, 2.45) is 0 Å². The third-order valence-electron chi connectivity index (χ3n) is 4.86. The monoisotopic (exact) mass is 477 g/mol. The summed E-state index contributed by atoms with van der Waals surface area (Å²) in [6.07, 6.45) is -0.840. The number of sulfonamides is 1. The van der Waals surface area contributed by atoms with Crippen LogP contribution in [-0.2, 0) is 14.8 Å². The molecule has 0 amide bonds. The Morgan fingerprint density at radius 2 is 1.78 bits per heavy atom. The molecule has 0 saturated heterocycles. The first-order chi connectivity index (χ1) is 15.2. The van der Waals surface area contributed by atoms with Crippen molar-refractivity contribution < 1.29 is 22.4 Å². The number of nitrogens with zero attached hydrogens (tertiary/aromatic N) is 3. The summed E-state index contributed by atoms with van der Waals surface area (Å²) in [7, 11) is -3.85. The van der Waals surface area contributed by atoms with Crippen molar-refractivity contribution in [1.82, 2.24) is 14.5 Å². The summed E-state index contributed by atoms with van der Waals surface area (Å²) in [5.74, 6) is -0.305. The number of benzene rings is 2. The van der Waals surface area contributed by atoms with E-state index in [1.165, 1.54) is 22.5 Å². The zero-order valence-corrected chi connectivity index (χ0v) is 19.8. The summed E-state index contributed by atoms with van der Waals surface area (Å²) >= 11 is 6.12. The first-order valence-electron chi connectivity index (χ1n) is 10.1. The van der Waals surface area contributed by atoms with Crippen LogP contribution in [0.3, 0.4) is 0 Å². The van der Waals surface area contributed by atoms with Crippen molar-refractivity contribution in [3.8, 4) is 11.5 Å². The molecule has 1 unspecified atom stereocenters. The molecule has 2 aromatic carbocycles. The van der Waals surface area contributed by atoms with E-state index < -0.39 is 22.1 Å². The van der Waals surface area contributed by atoms with Gasteiger partial charge in [-0.3, -0.25) is 0 Å². The van der Waals surface area contributed by atoms with E-state index in [2.05, 4.69) is 10.2 Å². The zero-order chi connectivity index (χ0) is 23.5. The molecular formula is C22H24ClN3O5S. The fraction of sp³-hybridized carbons (Fsp3) is 0.318. The number of halogens is 1. The van der Waals surface area contributed by atoms with E-state index in [0.29, 0.717) is 5.89 Å². The Morgan fingerprint density at radius 3 is 2.41 bits per heavy atom. The highest BCUT2D eigenvalue weighted by Crippen LogP contribution is 2.28. The average molecular weight is 478 g/mol. The smallest absolute Gasteiger partial charge is 0.338 e. The Hall–Kier alpha value is -2.75. The topological polar surface area (TPSA) is 103 Å². The predicted molar refractivity (Wildman–Crippen MR) is 120 cm³/mol. The van der Waals surface area contributed by atoms with E-state index in [1.807, 2.05) is 31.2 Å². The molecule has 0 aliphatic carbocycles. The molecule has 1 atom stereocenters. The number of esters is 1. The summed E-state index contributed by atoms with van der Waals surface area (Å²) < 4.78 is 38.0. The minimum atomic E-state index is -3.85. The van der Waals surface area contributed by atoms with Gasteiger partial charge in [-0.05, 0) is 44.2 Å². The van der Waals surface area contributed by atoms with Gasteiger partial charge in [0.1, 0.15) is 4.90 Å². The van der Waals surface area contributed by atoms with Gasteiger partial charge in [-0.15, -0.1) is 10.2 Å². The van der Waals surface area contributed by atoms with Crippen LogP contribution in [-0.4, -0.2) is 42.0 Å². The minimum absolute atomic E-state index is 0.0288. The standard InChI is InChI=1S/C22H24ClN3O5S/c1-5-26(6-2)32(28,29)19-13-17(11-12-18(19)23)22(27)30-15(4)20-24-25-21(31-20)16-9-7-14(3)8-10-16/h7-13,15H,5-6H2,1-4H3. The minimum Gasteiger partial charge on any atom is -0.449 e. The number of carbonyl (C=O) groups excluding carboxylic acids is 1. The molecular weight excluding hydrogens is 454 g/mol. The Kier molecular flexibility index (Phi) is 7.33. The van der Waals surface area contributed by atoms with Crippen molar-refractivity contribution in [3.05, 3.63) is 64.5 Å². The molecule has 0 radical (unpaired) electrons. The molecule has 8 nitrogen and oxygen atoms in total. The highest BCUT2D eigenvalue weighted by molar-refractivity contribution is 7.89. The normalized spacial score (nSPS) is 12.7. The van der Waals surface area contributed by atoms with Crippen molar-refractivity contribution in [1.29, 1.82) is 0 Å². The van der Waals surface area contributed by atoms with Gasteiger partial charge in [0.2, 0.25) is 15.9 Å². The van der Waals surface area contributed by atoms with E-state index in [9.17, 15) is 13.2 Å². The van der Waals surface area contributed by atoms with Crippen LogP contribution in [0.4, 0.5) is 0 Å². The van der Waals surface area contributed by atoms with Crippen LogP contribution in [0.1, 0.15) is 48.7 Å². The second-order valence-electron chi connectivity index (χ2n) is 7.09. The van der Waals surface area contributed by atoms with Crippen LogP contribution in [0.15, 0.2) is 51.8 Å². The van der Waals surface area contributed by atoms with Gasteiger partial charge in [-0.25, -0.2) is 13.2 Å². The predicted octanol–water partition coefficient (Wildman–Crippen LogP) is 4.65. The lowest BCUT2D eigenvalue weighted by Crippen LogP contribution is -2.31. The largest absolute Gasteiger partial charge is 0.449 e.